The molecule has 0 saturated carbocycles. The minimum atomic E-state index is -0.623. The minimum absolute atomic E-state index is 0.0138. The molecule has 0 aliphatic rings. The number of nitrogens with one attached hydrogen (secondary N) is 2. The molecule has 0 aliphatic carbocycles. The number of pyridine rings is 1. The minimum Gasteiger partial charge on any atom is -0.319 e. The third-order valence-corrected chi connectivity index (χ3v) is 3.79. The highest BCUT2D eigenvalue weighted by molar-refractivity contribution is 6.33. The normalized spacial score (nSPS) is 10.2. The van der Waals surface area contributed by atoms with Gasteiger partial charge in [0.15, 0.2) is 0 Å². The topological polar surface area (TPSA) is 71.1 Å². The van der Waals surface area contributed by atoms with Crippen LogP contribution >= 0.6 is 11.6 Å². The molecule has 0 bridgehead atoms. The maximum absolute atomic E-state index is 13.6. The Morgan fingerprint density at radius 1 is 0.769 bits per heavy atom. The zero-order valence-electron chi connectivity index (χ0n) is 13.4. The van der Waals surface area contributed by atoms with E-state index in [0.29, 0.717) is 10.7 Å². The molecule has 130 valence electrons. The van der Waals surface area contributed by atoms with Gasteiger partial charge in [0, 0.05) is 0 Å². The number of carbonyl (C=O) groups is 2. The number of benzene rings is 2. The van der Waals surface area contributed by atoms with E-state index in [2.05, 4.69) is 15.6 Å². The Labute approximate surface area is 153 Å². The van der Waals surface area contributed by atoms with E-state index >= 15 is 0 Å². The lowest BCUT2D eigenvalue weighted by Crippen LogP contribution is -2.19. The monoisotopic (exact) mass is 369 g/mol. The SMILES string of the molecule is O=C(Nc1ccccc1F)c1cccc(C(=O)Nc2ccccc2Cl)n1. The number of hydrogen-bond acceptors (Lipinski definition) is 3. The number of anilines is 2. The summed E-state index contributed by atoms with van der Waals surface area (Å²) in [5.41, 5.74) is 0.485. The lowest BCUT2D eigenvalue weighted by Gasteiger charge is -2.08. The van der Waals surface area contributed by atoms with Crippen molar-refractivity contribution in [3.63, 3.8) is 0 Å². The number of aromatic nitrogens is 1. The van der Waals surface area contributed by atoms with E-state index in [4.69, 9.17) is 11.6 Å². The van der Waals surface area contributed by atoms with E-state index in [-0.39, 0.29) is 17.1 Å². The molecule has 0 atom stereocenters. The van der Waals surface area contributed by atoms with Gasteiger partial charge in [-0.05, 0) is 36.4 Å². The summed E-state index contributed by atoms with van der Waals surface area (Å²) in [6.45, 7) is 0. The molecule has 0 spiro atoms. The number of amides is 2. The molecule has 0 saturated heterocycles. The van der Waals surface area contributed by atoms with Gasteiger partial charge < -0.3 is 10.6 Å². The number of carbonyl (C=O) groups excluding carboxylic acids is 2. The quantitative estimate of drug-likeness (QED) is 0.717. The van der Waals surface area contributed by atoms with Crippen LogP contribution in [0.2, 0.25) is 5.02 Å². The van der Waals surface area contributed by atoms with Gasteiger partial charge >= 0.3 is 0 Å². The molecular formula is C19H13ClFN3O2. The summed E-state index contributed by atoms with van der Waals surface area (Å²) < 4.78 is 13.6. The van der Waals surface area contributed by atoms with Gasteiger partial charge in [0.05, 0.1) is 16.4 Å². The molecule has 7 heteroatoms. The van der Waals surface area contributed by atoms with Crippen molar-refractivity contribution in [3.05, 3.63) is 89.0 Å². The molecule has 2 amide bonds. The maximum atomic E-state index is 13.6. The van der Waals surface area contributed by atoms with Gasteiger partial charge in [-0.25, -0.2) is 9.37 Å². The van der Waals surface area contributed by atoms with Crippen LogP contribution in [0.15, 0.2) is 66.7 Å². The van der Waals surface area contributed by atoms with Crippen molar-refractivity contribution in [2.75, 3.05) is 10.6 Å². The zero-order chi connectivity index (χ0) is 18.5. The summed E-state index contributed by atoms with van der Waals surface area (Å²) in [5, 5.41) is 5.43. The molecule has 1 heterocycles. The summed E-state index contributed by atoms with van der Waals surface area (Å²) in [6, 6.07) is 17.0. The fourth-order valence-electron chi connectivity index (χ4n) is 2.19. The summed E-state index contributed by atoms with van der Waals surface area (Å²) in [4.78, 5) is 28.6. The summed E-state index contributed by atoms with van der Waals surface area (Å²) in [7, 11) is 0. The third-order valence-electron chi connectivity index (χ3n) is 3.46. The van der Waals surface area contributed by atoms with Crippen molar-refractivity contribution in [2.45, 2.75) is 0 Å². The van der Waals surface area contributed by atoms with E-state index in [0.717, 1.165) is 0 Å². The summed E-state index contributed by atoms with van der Waals surface area (Å²) in [6.07, 6.45) is 0. The number of para-hydroxylation sites is 2. The highest BCUT2D eigenvalue weighted by Crippen LogP contribution is 2.21. The van der Waals surface area contributed by atoms with Gasteiger partial charge in [0.1, 0.15) is 17.2 Å². The lowest BCUT2D eigenvalue weighted by atomic mass is 10.2. The fraction of sp³-hybridized carbons (Fsp3) is 0. The zero-order valence-corrected chi connectivity index (χ0v) is 14.1. The first-order chi connectivity index (χ1) is 12.5. The van der Waals surface area contributed by atoms with Crippen LogP contribution in [0.25, 0.3) is 0 Å². The van der Waals surface area contributed by atoms with Crippen LogP contribution in [0.5, 0.6) is 0 Å². The second-order valence-corrected chi connectivity index (χ2v) is 5.68. The van der Waals surface area contributed by atoms with Crippen LogP contribution in [0, 0.1) is 5.82 Å². The van der Waals surface area contributed by atoms with Gasteiger partial charge in [-0.1, -0.05) is 41.9 Å². The smallest absolute Gasteiger partial charge is 0.274 e. The first-order valence-electron chi connectivity index (χ1n) is 7.63. The van der Waals surface area contributed by atoms with Crippen LogP contribution in [0.4, 0.5) is 15.8 Å². The Balaban J connectivity index is 1.77. The Bertz CT molecular complexity index is 904. The highest BCUT2D eigenvalue weighted by atomic mass is 35.5. The van der Waals surface area contributed by atoms with Crippen molar-refractivity contribution in [3.8, 4) is 0 Å². The maximum Gasteiger partial charge on any atom is 0.274 e. The van der Waals surface area contributed by atoms with Crippen LogP contribution in [0.1, 0.15) is 21.0 Å². The number of rotatable bonds is 4. The number of halogens is 2. The standard InChI is InChI=1S/C19H13ClFN3O2/c20-12-6-1-3-8-14(12)23-18(25)16-10-5-11-17(22-16)19(26)24-15-9-4-2-7-13(15)21/h1-11H,(H,23,25)(H,24,26). The fourth-order valence-corrected chi connectivity index (χ4v) is 2.37. The van der Waals surface area contributed by atoms with Gasteiger partial charge in [-0.15, -0.1) is 0 Å². The summed E-state index contributed by atoms with van der Waals surface area (Å²) in [5.74, 6) is -1.70. The number of nitrogens with zero attached hydrogens (tertiary/aromatic N) is 1. The molecular weight excluding hydrogens is 357 g/mol. The molecule has 0 fully saturated rings. The van der Waals surface area contributed by atoms with Gasteiger partial charge in [-0.2, -0.15) is 0 Å². The van der Waals surface area contributed by atoms with E-state index in [1.807, 2.05) is 0 Å². The average molecular weight is 370 g/mol. The molecule has 3 aromatic rings. The first-order valence-corrected chi connectivity index (χ1v) is 8.01. The van der Waals surface area contributed by atoms with E-state index in [1.165, 1.54) is 36.4 Å². The second kappa shape index (κ2) is 7.76. The van der Waals surface area contributed by atoms with Crippen LogP contribution in [-0.2, 0) is 0 Å². The second-order valence-electron chi connectivity index (χ2n) is 5.28. The molecule has 3 rings (SSSR count). The summed E-state index contributed by atoms with van der Waals surface area (Å²) >= 11 is 6.01. The van der Waals surface area contributed by atoms with Crippen LogP contribution in [0.3, 0.4) is 0 Å². The molecule has 5 nitrogen and oxygen atoms in total. The van der Waals surface area contributed by atoms with Crippen molar-refractivity contribution >= 4 is 34.8 Å². The van der Waals surface area contributed by atoms with Crippen molar-refractivity contribution in [2.24, 2.45) is 0 Å². The van der Waals surface area contributed by atoms with Crippen molar-refractivity contribution in [1.29, 1.82) is 0 Å². The van der Waals surface area contributed by atoms with Crippen molar-refractivity contribution < 1.29 is 14.0 Å². The van der Waals surface area contributed by atoms with Crippen LogP contribution < -0.4 is 10.6 Å². The van der Waals surface area contributed by atoms with Gasteiger partial charge in [-0.3, -0.25) is 9.59 Å². The molecule has 2 aromatic carbocycles. The van der Waals surface area contributed by atoms with E-state index in [9.17, 15) is 14.0 Å². The van der Waals surface area contributed by atoms with Gasteiger partial charge in [0.2, 0.25) is 0 Å². The van der Waals surface area contributed by atoms with Crippen molar-refractivity contribution in [1.82, 2.24) is 4.98 Å². The largest absolute Gasteiger partial charge is 0.319 e. The number of hydrogen-bond donors (Lipinski definition) is 2. The Hall–Kier alpha value is -3.25. The first kappa shape index (κ1) is 17.6. The molecule has 1 aromatic heterocycles. The molecule has 0 unspecified atom stereocenters. The molecule has 0 aliphatic heterocycles. The predicted octanol–water partition coefficient (Wildman–Crippen LogP) is 4.38. The van der Waals surface area contributed by atoms with Crippen LogP contribution in [-0.4, -0.2) is 16.8 Å². The molecule has 0 radical (unpaired) electrons. The average Bonchev–Trinajstić information content (AvgIpc) is 2.65. The third kappa shape index (κ3) is 4.04. The molecule has 2 N–H and O–H groups in total. The molecule has 26 heavy (non-hydrogen) atoms. The predicted molar refractivity (Wildman–Crippen MR) is 98.0 cm³/mol. The lowest BCUT2D eigenvalue weighted by molar-refractivity contribution is 0.101. The van der Waals surface area contributed by atoms with Gasteiger partial charge in [0.25, 0.3) is 11.8 Å². The Morgan fingerprint density at radius 3 is 1.92 bits per heavy atom. The highest BCUT2D eigenvalue weighted by Gasteiger charge is 2.14. The van der Waals surface area contributed by atoms with E-state index in [1.54, 1.807) is 30.3 Å². The Morgan fingerprint density at radius 2 is 1.31 bits per heavy atom. The van der Waals surface area contributed by atoms with E-state index < -0.39 is 17.6 Å². The Kier molecular flexibility index (Phi) is 5.24.